The lowest BCUT2D eigenvalue weighted by Crippen LogP contribution is -2.30. The first-order valence-electron chi connectivity index (χ1n) is 12.2. The van der Waals surface area contributed by atoms with Gasteiger partial charge in [-0.25, -0.2) is 9.48 Å². The summed E-state index contributed by atoms with van der Waals surface area (Å²) in [4.78, 5) is 28.9. The Morgan fingerprint density at radius 1 is 1.00 bits per heavy atom. The molecule has 9 nitrogen and oxygen atoms in total. The van der Waals surface area contributed by atoms with E-state index in [0.29, 0.717) is 40.6 Å². The quantitative estimate of drug-likeness (QED) is 0.410. The molecule has 0 aliphatic heterocycles. The number of aromatic nitrogens is 2. The van der Waals surface area contributed by atoms with Crippen molar-refractivity contribution in [2.24, 2.45) is 0 Å². The van der Waals surface area contributed by atoms with Crippen molar-refractivity contribution < 1.29 is 24.2 Å². The SMILES string of the molecule is COc1cccc(OC)c1-c1cc(C(=O)O)nn1-c1ccc(C(=O)N(C)CCCN(C)C)cc1C(C)C. The van der Waals surface area contributed by atoms with E-state index in [1.807, 2.05) is 40.1 Å². The van der Waals surface area contributed by atoms with Crippen molar-refractivity contribution in [1.82, 2.24) is 19.6 Å². The third-order valence-electron chi connectivity index (χ3n) is 6.18. The Labute approximate surface area is 218 Å². The van der Waals surface area contributed by atoms with Crippen LogP contribution < -0.4 is 9.47 Å². The Kier molecular flexibility index (Phi) is 8.94. The number of carboxylic acids is 1. The third-order valence-corrected chi connectivity index (χ3v) is 6.18. The fourth-order valence-corrected chi connectivity index (χ4v) is 4.24. The second kappa shape index (κ2) is 11.9. The zero-order chi connectivity index (χ0) is 27.3. The average Bonchev–Trinajstić information content (AvgIpc) is 3.32. The smallest absolute Gasteiger partial charge is 0.356 e. The molecule has 1 heterocycles. The molecule has 9 heteroatoms. The second-order valence-corrected chi connectivity index (χ2v) is 9.48. The molecule has 0 fully saturated rings. The average molecular weight is 509 g/mol. The van der Waals surface area contributed by atoms with Crippen LogP contribution >= 0.6 is 0 Å². The van der Waals surface area contributed by atoms with Gasteiger partial charge in [-0.2, -0.15) is 5.10 Å². The van der Waals surface area contributed by atoms with Crippen LogP contribution in [0.2, 0.25) is 0 Å². The molecule has 0 unspecified atom stereocenters. The Balaban J connectivity index is 2.13. The maximum absolute atomic E-state index is 13.2. The molecule has 37 heavy (non-hydrogen) atoms. The van der Waals surface area contributed by atoms with Crippen LogP contribution in [-0.2, 0) is 0 Å². The number of rotatable bonds is 11. The maximum atomic E-state index is 13.2. The second-order valence-electron chi connectivity index (χ2n) is 9.48. The number of hydrogen-bond acceptors (Lipinski definition) is 6. The fraction of sp³-hybridized carbons (Fsp3) is 0.393. The van der Waals surface area contributed by atoms with Crippen molar-refractivity contribution in [3.05, 3.63) is 59.3 Å². The van der Waals surface area contributed by atoms with Gasteiger partial charge in [0.05, 0.1) is 31.2 Å². The summed E-state index contributed by atoms with van der Waals surface area (Å²) in [5.41, 5.74) is 3.09. The standard InChI is InChI=1S/C28H36N4O5/c1-18(2)20-16-19(27(33)31(5)15-9-14-30(3)4)12-13-22(20)32-23(17-21(29-32)28(34)35)26-24(36-6)10-8-11-25(26)37-7/h8,10-13,16-18H,9,14-15H2,1-7H3,(H,34,35). The maximum Gasteiger partial charge on any atom is 0.356 e. The van der Waals surface area contributed by atoms with Crippen molar-refractivity contribution >= 4 is 11.9 Å². The molecule has 3 rings (SSSR count). The first-order chi connectivity index (χ1) is 17.6. The van der Waals surface area contributed by atoms with Crippen LogP contribution in [0.15, 0.2) is 42.5 Å². The number of methoxy groups -OCH3 is 2. The lowest BCUT2D eigenvalue weighted by atomic mass is 9.97. The van der Waals surface area contributed by atoms with Gasteiger partial charge in [-0.05, 0) is 74.9 Å². The number of benzene rings is 2. The molecule has 1 aromatic heterocycles. The minimum Gasteiger partial charge on any atom is -0.496 e. The number of carboxylic acid groups (broad SMARTS) is 1. The Morgan fingerprint density at radius 3 is 2.19 bits per heavy atom. The molecular weight excluding hydrogens is 472 g/mol. The van der Waals surface area contributed by atoms with Crippen LogP contribution in [0.3, 0.4) is 0 Å². The van der Waals surface area contributed by atoms with Crippen molar-refractivity contribution in [3.63, 3.8) is 0 Å². The van der Waals surface area contributed by atoms with Crippen LogP contribution in [-0.4, -0.2) is 85.0 Å². The van der Waals surface area contributed by atoms with Gasteiger partial charge in [0.2, 0.25) is 0 Å². The van der Waals surface area contributed by atoms with Crippen LogP contribution in [0.1, 0.15) is 52.6 Å². The van der Waals surface area contributed by atoms with Gasteiger partial charge >= 0.3 is 5.97 Å². The van der Waals surface area contributed by atoms with Gasteiger partial charge in [0, 0.05) is 19.2 Å². The fourth-order valence-electron chi connectivity index (χ4n) is 4.24. The molecule has 0 aliphatic carbocycles. The van der Waals surface area contributed by atoms with E-state index in [1.54, 1.807) is 55.1 Å². The Morgan fingerprint density at radius 2 is 1.65 bits per heavy atom. The van der Waals surface area contributed by atoms with Crippen molar-refractivity contribution in [1.29, 1.82) is 0 Å². The van der Waals surface area contributed by atoms with Crippen molar-refractivity contribution in [2.75, 3.05) is 48.5 Å². The van der Waals surface area contributed by atoms with Gasteiger partial charge in [-0.1, -0.05) is 19.9 Å². The number of hydrogen-bond donors (Lipinski definition) is 1. The molecule has 1 N–H and O–H groups in total. The number of aromatic carboxylic acids is 1. The molecule has 0 aliphatic rings. The molecule has 0 atom stereocenters. The van der Waals surface area contributed by atoms with E-state index in [4.69, 9.17) is 9.47 Å². The van der Waals surface area contributed by atoms with E-state index in [1.165, 1.54) is 6.07 Å². The summed E-state index contributed by atoms with van der Waals surface area (Å²) in [6.45, 7) is 5.60. The van der Waals surface area contributed by atoms with E-state index in [0.717, 1.165) is 18.5 Å². The molecule has 3 aromatic rings. The number of nitrogens with zero attached hydrogens (tertiary/aromatic N) is 4. The summed E-state index contributed by atoms with van der Waals surface area (Å²) >= 11 is 0. The molecule has 0 radical (unpaired) electrons. The Bertz CT molecular complexity index is 1240. The van der Waals surface area contributed by atoms with Crippen LogP contribution in [0.4, 0.5) is 0 Å². The highest BCUT2D eigenvalue weighted by atomic mass is 16.5. The highest BCUT2D eigenvalue weighted by molar-refractivity contribution is 5.95. The lowest BCUT2D eigenvalue weighted by Gasteiger charge is -2.21. The number of carbonyl (C=O) groups is 2. The molecule has 2 aromatic carbocycles. The summed E-state index contributed by atoms with van der Waals surface area (Å²) in [6, 6.07) is 12.3. The lowest BCUT2D eigenvalue weighted by molar-refractivity contribution is 0.0689. The van der Waals surface area contributed by atoms with Gasteiger partial charge < -0.3 is 24.4 Å². The molecule has 0 saturated carbocycles. The molecule has 1 amide bonds. The third kappa shape index (κ3) is 6.11. The Hall–Kier alpha value is -3.85. The van der Waals surface area contributed by atoms with Gasteiger partial charge in [0.15, 0.2) is 5.69 Å². The van der Waals surface area contributed by atoms with Gasteiger partial charge in [-0.15, -0.1) is 0 Å². The number of ether oxygens (including phenoxy) is 2. The zero-order valence-corrected chi connectivity index (χ0v) is 22.6. The number of amides is 1. The highest BCUT2D eigenvalue weighted by Gasteiger charge is 2.24. The molecule has 0 spiro atoms. The summed E-state index contributed by atoms with van der Waals surface area (Å²) in [7, 11) is 8.92. The van der Waals surface area contributed by atoms with E-state index in [-0.39, 0.29) is 17.5 Å². The largest absolute Gasteiger partial charge is 0.496 e. The monoisotopic (exact) mass is 508 g/mol. The number of carbonyl (C=O) groups excluding carboxylic acids is 1. The predicted molar refractivity (Wildman–Crippen MR) is 143 cm³/mol. The minimum atomic E-state index is -1.15. The topological polar surface area (TPSA) is 97.1 Å². The van der Waals surface area contributed by atoms with E-state index in [2.05, 4.69) is 10.00 Å². The van der Waals surface area contributed by atoms with Gasteiger partial charge in [0.1, 0.15) is 11.5 Å². The van der Waals surface area contributed by atoms with Crippen molar-refractivity contribution in [3.8, 4) is 28.4 Å². The van der Waals surface area contributed by atoms with Crippen LogP contribution in [0.5, 0.6) is 11.5 Å². The molecule has 198 valence electrons. The summed E-state index contributed by atoms with van der Waals surface area (Å²) in [5.74, 6) is -0.132. The van der Waals surface area contributed by atoms with E-state index < -0.39 is 5.97 Å². The van der Waals surface area contributed by atoms with Crippen LogP contribution in [0.25, 0.3) is 16.9 Å². The highest BCUT2D eigenvalue weighted by Crippen LogP contribution is 2.40. The van der Waals surface area contributed by atoms with Gasteiger partial charge in [-0.3, -0.25) is 4.79 Å². The normalized spacial score (nSPS) is 11.2. The summed E-state index contributed by atoms with van der Waals surface area (Å²) < 4.78 is 12.8. The van der Waals surface area contributed by atoms with E-state index >= 15 is 0 Å². The summed E-state index contributed by atoms with van der Waals surface area (Å²) in [5, 5.41) is 14.2. The first-order valence-corrected chi connectivity index (χ1v) is 12.2. The van der Waals surface area contributed by atoms with E-state index in [9.17, 15) is 14.7 Å². The molecule has 0 bridgehead atoms. The first kappa shape index (κ1) is 27.7. The minimum absolute atomic E-state index is 0.0340. The van der Waals surface area contributed by atoms with Crippen LogP contribution in [0, 0.1) is 0 Å². The molecule has 0 saturated heterocycles. The predicted octanol–water partition coefficient (Wildman–Crippen LogP) is 4.40. The van der Waals surface area contributed by atoms with Gasteiger partial charge in [0.25, 0.3) is 5.91 Å². The zero-order valence-electron chi connectivity index (χ0n) is 22.6. The summed E-state index contributed by atoms with van der Waals surface area (Å²) in [6.07, 6.45) is 0.875. The van der Waals surface area contributed by atoms with Crippen molar-refractivity contribution in [2.45, 2.75) is 26.2 Å². The molecular formula is C28H36N4O5.